The molecule has 3 heterocycles. The van der Waals surface area contributed by atoms with Crippen LogP contribution >= 0.6 is 23.2 Å². The fourth-order valence-corrected chi connectivity index (χ4v) is 5.42. The molecule has 10 nitrogen and oxygen atoms in total. The van der Waals surface area contributed by atoms with Crippen LogP contribution in [0.2, 0.25) is 10.0 Å². The van der Waals surface area contributed by atoms with Crippen LogP contribution in [0.25, 0.3) is 22.4 Å². The molecule has 1 aliphatic heterocycles. The maximum atomic E-state index is 15.5. The number of amides is 1. The fourth-order valence-electron chi connectivity index (χ4n) is 4.83. The van der Waals surface area contributed by atoms with Gasteiger partial charge < -0.3 is 25.2 Å². The number of carbonyl (C=O) groups excluding carboxylic acids is 1. The molecule has 1 aliphatic rings. The molecule has 1 amide bonds. The second kappa shape index (κ2) is 13.2. The molecule has 2 atom stereocenters. The molecule has 2 aromatic carbocycles. The van der Waals surface area contributed by atoms with Crippen molar-refractivity contribution in [3.05, 3.63) is 92.1 Å². The van der Waals surface area contributed by atoms with E-state index in [1.165, 1.54) is 32.5 Å². The Bertz CT molecular complexity index is 1730. The molecule has 224 valence electrons. The minimum atomic E-state index is -0.667. The molecule has 1 saturated heterocycles. The van der Waals surface area contributed by atoms with Crippen LogP contribution < -0.4 is 20.9 Å². The lowest BCUT2D eigenvalue weighted by atomic mass is 9.99. The zero-order valence-corrected chi connectivity index (χ0v) is 24.7. The summed E-state index contributed by atoms with van der Waals surface area (Å²) in [7, 11) is 2.88. The average molecular weight is 628 g/mol. The lowest BCUT2D eigenvalue weighted by molar-refractivity contribution is -0.0281. The highest BCUT2D eigenvalue weighted by atomic mass is 35.5. The van der Waals surface area contributed by atoms with Crippen molar-refractivity contribution in [2.75, 3.05) is 25.6 Å². The summed E-state index contributed by atoms with van der Waals surface area (Å²) in [5.41, 5.74) is 1.30. The second-order valence-corrected chi connectivity index (χ2v) is 10.6. The summed E-state index contributed by atoms with van der Waals surface area (Å²) in [6.07, 6.45) is 1.30. The predicted molar refractivity (Wildman–Crippen MR) is 161 cm³/mol. The third kappa shape index (κ3) is 6.41. The van der Waals surface area contributed by atoms with Gasteiger partial charge in [0.25, 0.3) is 11.5 Å². The van der Waals surface area contributed by atoms with Gasteiger partial charge in [-0.3, -0.25) is 9.59 Å². The van der Waals surface area contributed by atoms with Gasteiger partial charge in [0.1, 0.15) is 17.1 Å². The Hall–Kier alpha value is -3.87. The molecule has 0 aliphatic carbocycles. The number of hydrogen-bond acceptors (Lipinski definition) is 8. The number of anilines is 1. The van der Waals surface area contributed by atoms with E-state index >= 15 is 4.39 Å². The van der Waals surface area contributed by atoms with Crippen LogP contribution in [0.15, 0.2) is 59.5 Å². The molecule has 2 unspecified atom stereocenters. The monoisotopic (exact) mass is 627 g/mol. The highest BCUT2D eigenvalue weighted by Crippen LogP contribution is 2.42. The number of benzene rings is 2. The molecular formula is C30H28Cl2FN5O5. The maximum Gasteiger partial charge on any atom is 0.279 e. The van der Waals surface area contributed by atoms with Crippen LogP contribution in [-0.4, -0.2) is 58.2 Å². The minimum absolute atomic E-state index is 0.0207. The Labute approximate surface area is 256 Å². The van der Waals surface area contributed by atoms with Crippen molar-refractivity contribution in [1.29, 1.82) is 0 Å². The van der Waals surface area contributed by atoms with Gasteiger partial charge in [0.15, 0.2) is 0 Å². The third-order valence-corrected chi connectivity index (χ3v) is 7.94. The number of aliphatic hydroxyl groups is 1. The van der Waals surface area contributed by atoms with Crippen LogP contribution in [0, 0.1) is 5.82 Å². The number of pyridine rings is 1. The Kier molecular flexibility index (Phi) is 9.38. The first-order valence-corrected chi connectivity index (χ1v) is 14.1. The fraction of sp³-hybridized carbons (Fsp3) is 0.267. The van der Waals surface area contributed by atoms with Gasteiger partial charge in [-0.1, -0.05) is 53.5 Å². The summed E-state index contributed by atoms with van der Waals surface area (Å²) in [4.78, 5) is 29.6. The number of ether oxygens (including phenoxy) is 2. The molecule has 2 aromatic heterocycles. The smallest absolute Gasteiger partial charge is 0.279 e. The number of hydrogen-bond donors (Lipinski definition) is 3. The van der Waals surface area contributed by atoms with Crippen LogP contribution in [0.3, 0.4) is 0 Å². The van der Waals surface area contributed by atoms with Crippen LogP contribution in [0.4, 0.5) is 10.1 Å². The van der Waals surface area contributed by atoms with E-state index in [2.05, 4.69) is 20.7 Å². The van der Waals surface area contributed by atoms with Crippen LogP contribution in [0.5, 0.6) is 5.88 Å². The van der Waals surface area contributed by atoms with Gasteiger partial charge in [0.2, 0.25) is 5.88 Å². The third-order valence-electron chi connectivity index (χ3n) is 7.13. The lowest BCUT2D eigenvalue weighted by Gasteiger charge is -2.28. The summed E-state index contributed by atoms with van der Waals surface area (Å²) in [5, 5.41) is 20.2. The van der Waals surface area contributed by atoms with Crippen molar-refractivity contribution in [3.8, 4) is 28.3 Å². The summed E-state index contributed by atoms with van der Waals surface area (Å²) < 4.78 is 27.3. The largest absolute Gasteiger partial charge is 0.481 e. The number of rotatable bonds is 8. The van der Waals surface area contributed by atoms with Gasteiger partial charge >= 0.3 is 0 Å². The van der Waals surface area contributed by atoms with Crippen LogP contribution in [-0.2, 0) is 18.3 Å². The Balaban J connectivity index is 1.45. The highest BCUT2D eigenvalue weighted by Gasteiger charge is 2.25. The number of aliphatic hydroxyl groups excluding tert-OH is 1. The molecule has 0 spiro atoms. The Morgan fingerprint density at radius 1 is 1.16 bits per heavy atom. The predicted octanol–water partition coefficient (Wildman–Crippen LogP) is 4.46. The molecule has 3 N–H and O–H groups in total. The van der Waals surface area contributed by atoms with E-state index in [0.29, 0.717) is 35.3 Å². The van der Waals surface area contributed by atoms with Gasteiger partial charge in [0, 0.05) is 54.7 Å². The molecule has 4 aromatic rings. The van der Waals surface area contributed by atoms with Crippen molar-refractivity contribution in [1.82, 2.24) is 20.1 Å². The SMILES string of the molecule is COc1nc(-c2cccc(-c3cccc(NC(=O)c4ccnn(C)c4=O)c3Cl)c2Cl)c(F)cc1CNC1CCOCC1O. The molecular weight excluding hydrogens is 600 g/mol. The number of aromatic nitrogens is 3. The van der Waals surface area contributed by atoms with E-state index in [1.54, 1.807) is 36.4 Å². The maximum absolute atomic E-state index is 15.5. The van der Waals surface area contributed by atoms with Crippen molar-refractivity contribution < 1.29 is 23.8 Å². The van der Waals surface area contributed by atoms with Crippen molar-refractivity contribution >= 4 is 34.8 Å². The summed E-state index contributed by atoms with van der Waals surface area (Å²) in [6.45, 7) is 0.984. The number of nitrogens with one attached hydrogen (secondary N) is 2. The molecule has 0 radical (unpaired) electrons. The molecule has 5 rings (SSSR count). The van der Waals surface area contributed by atoms with E-state index in [9.17, 15) is 14.7 Å². The second-order valence-electron chi connectivity index (χ2n) is 9.87. The van der Waals surface area contributed by atoms with Crippen molar-refractivity contribution in [2.45, 2.75) is 25.1 Å². The molecule has 0 bridgehead atoms. The van der Waals surface area contributed by atoms with E-state index < -0.39 is 23.4 Å². The number of halogens is 3. The highest BCUT2D eigenvalue weighted by molar-refractivity contribution is 6.39. The zero-order chi connectivity index (χ0) is 30.7. The van der Waals surface area contributed by atoms with Crippen molar-refractivity contribution in [3.63, 3.8) is 0 Å². The lowest BCUT2D eigenvalue weighted by Crippen LogP contribution is -2.46. The van der Waals surface area contributed by atoms with Gasteiger partial charge in [-0.15, -0.1) is 0 Å². The summed E-state index contributed by atoms with van der Waals surface area (Å²) >= 11 is 13.5. The van der Waals surface area contributed by atoms with E-state index in [0.717, 1.165) is 4.68 Å². The number of nitrogens with zero attached hydrogens (tertiary/aromatic N) is 3. The normalized spacial score (nSPS) is 16.6. The van der Waals surface area contributed by atoms with Gasteiger partial charge in [0.05, 0.1) is 35.6 Å². The number of aryl methyl sites for hydroxylation is 1. The van der Waals surface area contributed by atoms with E-state index in [-0.39, 0.29) is 52.1 Å². The van der Waals surface area contributed by atoms with E-state index in [1.807, 2.05) is 0 Å². The molecule has 13 heteroatoms. The summed E-state index contributed by atoms with van der Waals surface area (Å²) in [5.74, 6) is -1.06. The van der Waals surface area contributed by atoms with Gasteiger partial charge in [-0.2, -0.15) is 5.10 Å². The molecule has 1 fully saturated rings. The zero-order valence-electron chi connectivity index (χ0n) is 23.2. The average Bonchev–Trinajstić information content (AvgIpc) is 3.00. The Morgan fingerprint density at radius 2 is 1.88 bits per heavy atom. The molecule has 43 heavy (non-hydrogen) atoms. The first kappa shape index (κ1) is 30.6. The number of carbonyl (C=O) groups is 1. The standard InChI is InChI=1S/C30H28Cl2FN5O5/c1-38-30(41)20(9-11-35-38)28(40)36-23-8-4-6-18(26(23)32)17-5-3-7-19(25(17)31)27-21(33)13-16(29(37-27)42-2)14-34-22-10-12-43-15-24(22)39/h3-9,11,13,22,24,34,39H,10,12,14-15H2,1-2H3,(H,36,40). The van der Waals surface area contributed by atoms with Crippen molar-refractivity contribution in [2.24, 2.45) is 7.05 Å². The topological polar surface area (TPSA) is 128 Å². The minimum Gasteiger partial charge on any atom is -0.481 e. The van der Waals surface area contributed by atoms with Gasteiger partial charge in [-0.25, -0.2) is 14.1 Å². The number of methoxy groups -OCH3 is 1. The van der Waals surface area contributed by atoms with Crippen LogP contribution in [0.1, 0.15) is 22.3 Å². The molecule has 0 saturated carbocycles. The quantitative estimate of drug-likeness (QED) is 0.261. The first-order valence-electron chi connectivity index (χ1n) is 13.3. The summed E-state index contributed by atoms with van der Waals surface area (Å²) in [6, 6.07) is 12.4. The van der Waals surface area contributed by atoms with E-state index in [4.69, 9.17) is 32.7 Å². The van der Waals surface area contributed by atoms with Gasteiger partial charge in [-0.05, 0) is 24.6 Å². The first-order chi connectivity index (χ1) is 20.7. The Morgan fingerprint density at radius 3 is 2.63 bits per heavy atom.